The highest BCUT2D eigenvalue weighted by atomic mass is 31.2. The summed E-state index contributed by atoms with van der Waals surface area (Å²) in [4.78, 5) is 10.9. The molecule has 0 saturated heterocycles. The van der Waals surface area contributed by atoms with Crippen molar-refractivity contribution in [2.24, 2.45) is 0 Å². The van der Waals surface area contributed by atoms with Crippen LogP contribution in [0.15, 0.2) is 133 Å². The monoisotopic (exact) mass is 819 g/mol. The Balaban J connectivity index is 0.000000215. The largest absolute Gasteiger partial charge is 0.491 e. The minimum atomic E-state index is -3.40. The summed E-state index contributed by atoms with van der Waals surface area (Å²) in [5, 5.41) is 32.4. The van der Waals surface area contributed by atoms with E-state index in [-0.39, 0.29) is 26.4 Å². The molecule has 0 aliphatic carbocycles. The summed E-state index contributed by atoms with van der Waals surface area (Å²) in [6.07, 6.45) is 0.843. The number of hydrogen-bond donors (Lipinski definition) is 3. The van der Waals surface area contributed by atoms with Crippen LogP contribution in [0.3, 0.4) is 0 Å². The van der Waals surface area contributed by atoms with Gasteiger partial charge < -0.3 is 29.4 Å². The molecule has 6 rings (SSSR count). The first-order valence-corrected chi connectivity index (χ1v) is 22.0. The van der Waals surface area contributed by atoms with Gasteiger partial charge in [-0.1, -0.05) is 114 Å². The average molecular weight is 820 g/mol. The van der Waals surface area contributed by atoms with Crippen molar-refractivity contribution in [3.8, 4) is 11.5 Å². The lowest BCUT2D eigenvalue weighted by atomic mass is 9.99. The van der Waals surface area contributed by atoms with Gasteiger partial charge in [0.05, 0.1) is 13.2 Å². The van der Waals surface area contributed by atoms with Gasteiger partial charge in [-0.25, -0.2) is 0 Å². The predicted octanol–water partition coefficient (Wildman–Crippen LogP) is 8.25. The molecule has 0 amide bonds. The number of hydrogen-bond acceptors (Lipinski definition) is 8. The van der Waals surface area contributed by atoms with E-state index in [1.165, 1.54) is 0 Å². The van der Waals surface area contributed by atoms with Crippen LogP contribution in [-0.4, -0.2) is 48.0 Å². The number of benzene rings is 6. The Kier molecular flexibility index (Phi) is 17.3. The molecule has 58 heavy (non-hydrogen) atoms. The molecule has 302 valence electrons. The molecule has 0 spiro atoms. The van der Waals surface area contributed by atoms with Crippen LogP contribution in [0.4, 0.5) is 0 Å². The quantitative estimate of drug-likeness (QED) is 0.0785. The fourth-order valence-electron chi connectivity index (χ4n) is 6.87. The molecule has 0 aliphatic rings. The Morgan fingerprint density at radius 3 is 1.36 bits per heavy atom. The summed E-state index contributed by atoms with van der Waals surface area (Å²) in [5.41, 5.74) is 6.59. The maximum atomic E-state index is 14.5. The van der Waals surface area contributed by atoms with Crippen molar-refractivity contribution in [3.63, 3.8) is 0 Å². The van der Waals surface area contributed by atoms with Crippen LogP contribution in [0.25, 0.3) is 0 Å². The third-order valence-corrected chi connectivity index (χ3v) is 14.2. The average Bonchev–Trinajstić information content (AvgIpc) is 3.24. The van der Waals surface area contributed by atoms with Crippen LogP contribution < -0.4 is 30.7 Å². The molecule has 1 atom stereocenters. The van der Waals surface area contributed by atoms with Crippen LogP contribution in [0, 0.1) is 41.5 Å². The minimum Gasteiger partial charge on any atom is -0.491 e. The number of aldehydes is 1. The molecular formula is C48H53O8P2+. The number of carbonyl (C=O) groups is 1. The van der Waals surface area contributed by atoms with Crippen molar-refractivity contribution in [3.05, 3.63) is 178 Å². The second-order valence-corrected chi connectivity index (χ2v) is 18.1. The van der Waals surface area contributed by atoms with Gasteiger partial charge in [0.2, 0.25) is 0 Å². The van der Waals surface area contributed by atoms with Gasteiger partial charge in [-0.15, -0.1) is 0 Å². The standard InChI is InChI=1S/C24H27O4P.C12H16O3.C12H10OP/c1-17-16-18(2)23(28-15-14-25)19(3)22(17)24(26)29(27,20-10-6-4-7-11-20)21-12-8-5-9-13-21;1-8-6-9(2)12(15-5-4-13)10(3)11(8)7-14;13-14(11-7-3-1-4-8-11)12-9-5-2-6-10-12/h4-13,16,24-26H,14-15H2,1-3H3;6-7,13H,4-5H2,1-3H3;1-10H/q;;+1. The van der Waals surface area contributed by atoms with E-state index in [0.717, 1.165) is 50.3 Å². The van der Waals surface area contributed by atoms with Gasteiger partial charge in [0.25, 0.3) is 0 Å². The zero-order valence-corrected chi connectivity index (χ0v) is 35.8. The highest BCUT2D eigenvalue weighted by Gasteiger charge is 2.38. The van der Waals surface area contributed by atoms with Crippen molar-refractivity contribution >= 4 is 42.4 Å². The molecule has 0 aliphatic heterocycles. The number of carbonyl (C=O) groups excluding carboxylic acids is 1. The maximum absolute atomic E-state index is 14.5. The van der Waals surface area contributed by atoms with E-state index in [4.69, 9.17) is 19.7 Å². The smallest absolute Gasteiger partial charge is 0.415 e. The zero-order chi connectivity index (χ0) is 42.2. The summed E-state index contributed by atoms with van der Waals surface area (Å²) in [7, 11) is -4.82. The predicted molar refractivity (Wildman–Crippen MR) is 236 cm³/mol. The van der Waals surface area contributed by atoms with E-state index >= 15 is 0 Å². The van der Waals surface area contributed by atoms with Crippen LogP contribution in [-0.2, 0) is 9.13 Å². The van der Waals surface area contributed by atoms with E-state index in [1.54, 1.807) is 24.3 Å². The van der Waals surface area contributed by atoms with Crippen LogP contribution >= 0.6 is 14.9 Å². The van der Waals surface area contributed by atoms with E-state index in [1.807, 2.05) is 151 Å². The van der Waals surface area contributed by atoms with Gasteiger partial charge >= 0.3 is 7.80 Å². The maximum Gasteiger partial charge on any atom is 0.415 e. The second kappa shape index (κ2) is 22.1. The number of rotatable bonds is 13. The van der Waals surface area contributed by atoms with Gasteiger partial charge in [-0.2, -0.15) is 0 Å². The Morgan fingerprint density at radius 1 is 0.586 bits per heavy atom. The molecule has 6 aromatic carbocycles. The fraction of sp³-hybridized carbons (Fsp3) is 0.229. The van der Waals surface area contributed by atoms with Crippen LogP contribution in [0.1, 0.15) is 55.1 Å². The van der Waals surface area contributed by atoms with Crippen LogP contribution in [0.2, 0.25) is 0 Å². The molecule has 0 bridgehead atoms. The molecule has 0 radical (unpaired) electrons. The molecule has 0 aromatic heterocycles. The molecular weight excluding hydrogens is 766 g/mol. The Hall–Kier alpha value is -5.20. The first-order chi connectivity index (χ1) is 27.9. The Morgan fingerprint density at radius 2 is 0.966 bits per heavy atom. The second-order valence-electron chi connectivity index (χ2n) is 13.7. The van der Waals surface area contributed by atoms with Gasteiger partial charge in [0, 0.05) is 21.7 Å². The van der Waals surface area contributed by atoms with E-state index in [2.05, 4.69) is 0 Å². The zero-order valence-electron chi connectivity index (χ0n) is 34.0. The summed E-state index contributed by atoms with van der Waals surface area (Å²) in [6.45, 7) is 11.7. The molecule has 10 heteroatoms. The molecule has 0 saturated carbocycles. The molecule has 1 unspecified atom stereocenters. The summed E-state index contributed by atoms with van der Waals surface area (Å²) < 4.78 is 37.6. The molecule has 6 aromatic rings. The fourth-order valence-corrected chi connectivity index (χ4v) is 10.9. The third-order valence-electron chi connectivity index (χ3n) is 9.58. The van der Waals surface area contributed by atoms with Gasteiger partial charge in [-0.3, -0.25) is 4.79 Å². The first-order valence-electron chi connectivity index (χ1n) is 19.0. The number of aliphatic hydroxyl groups excluding tert-OH is 3. The topological polar surface area (TPSA) is 130 Å². The highest BCUT2D eigenvalue weighted by Crippen LogP contribution is 2.57. The van der Waals surface area contributed by atoms with Gasteiger partial charge in [0.1, 0.15) is 30.6 Å². The third kappa shape index (κ3) is 11.0. The lowest BCUT2D eigenvalue weighted by Gasteiger charge is -2.28. The number of ether oxygens (including phenoxy) is 2. The van der Waals surface area contributed by atoms with Crippen molar-refractivity contribution in [1.29, 1.82) is 0 Å². The van der Waals surface area contributed by atoms with Crippen LogP contribution in [0.5, 0.6) is 11.5 Å². The lowest BCUT2D eigenvalue weighted by molar-refractivity contribution is 0.112. The van der Waals surface area contributed by atoms with E-state index < -0.39 is 20.8 Å². The SMILES string of the molecule is Cc1cc(C)c(C(O)P(=O)(c2ccccc2)c2ccccc2)c(C)c1OCCO.Cc1cc(C)c(OCCO)c(C)c1C=O.O=[P+](c1ccccc1)c1ccccc1. The van der Waals surface area contributed by atoms with E-state index in [9.17, 15) is 19.0 Å². The normalized spacial score (nSPS) is 11.3. The lowest BCUT2D eigenvalue weighted by Crippen LogP contribution is -2.22. The van der Waals surface area contributed by atoms with Crippen molar-refractivity contribution < 1.29 is 38.7 Å². The molecule has 8 nitrogen and oxygen atoms in total. The molecule has 0 fully saturated rings. The van der Waals surface area contributed by atoms with Crippen molar-refractivity contribution in [2.45, 2.75) is 47.4 Å². The van der Waals surface area contributed by atoms with Gasteiger partial charge in [0.15, 0.2) is 24.0 Å². The number of aliphatic hydroxyl groups is 3. The van der Waals surface area contributed by atoms with E-state index in [0.29, 0.717) is 33.2 Å². The molecule has 0 heterocycles. The first kappa shape index (κ1) is 45.5. The minimum absolute atomic E-state index is 0.0246. The van der Waals surface area contributed by atoms with Crippen molar-refractivity contribution in [1.82, 2.24) is 0 Å². The summed E-state index contributed by atoms with van der Waals surface area (Å²) in [5.74, 6) is 0.104. The summed E-state index contributed by atoms with van der Waals surface area (Å²) in [6, 6.07) is 41.2. The highest BCUT2D eigenvalue weighted by molar-refractivity contribution is 7.78. The summed E-state index contributed by atoms with van der Waals surface area (Å²) >= 11 is 0. The molecule has 3 N–H and O–H groups in total. The Labute approximate surface area is 343 Å². The number of aryl methyl sites for hydroxylation is 4. The van der Waals surface area contributed by atoms with Crippen molar-refractivity contribution in [2.75, 3.05) is 26.4 Å². The Bertz CT molecular complexity index is 2210. The van der Waals surface area contributed by atoms with Gasteiger partial charge in [-0.05, 0) is 99.2 Å².